The maximum atomic E-state index is 11.2. The zero-order valence-corrected chi connectivity index (χ0v) is 8.58. The van der Waals surface area contributed by atoms with Gasteiger partial charge in [0.05, 0.1) is 5.88 Å². The van der Waals surface area contributed by atoms with E-state index >= 15 is 0 Å². The Morgan fingerprint density at radius 3 is 2.57 bits per heavy atom. The van der Waals surface area contributed by atoms with Gasteiger partial charge in [0.1, 0.15) is 6.10 Å². The van der Waals surface area contributed by atoms with Crippen molar-refractivity contribution in [3.8, 4) is 0 Å². The van der Waals surface area contributed by atoms with Crippen molar-refractivity contribution in [3.05, 3.63) is 29.8 Å². The minimum Gasteiger partial charge on any atom is -0.382 e. The van der Waals surface area contributed by atoms with Gasteiger partial charge in [0.2, 0.25) is 0 Å². The Kier molecular flexibility index (Phi) is 3.92. The van der Waals surface area contributed by atoms with Crippen LogP contribution in [0.25, 0.3) is 0 Å². The molecule has 76 valence electrons. The Balaban J connectivity index is 2.60. The van der Waals surface area contributed by atoms with Crippen molar-refractivity contribution >= 4 is 23.2 Å². The Bertz CT molecular complexity index is 310. The van der Waals surface area contributed by atoms with Gasteiger partial charge in [0, 0.05) is 5.69 Å². The second kappa shape index (κ2) is 4.98. The van der Waals surface area contributed by atoms with E-state index in [1.807, 2.05) is 19.1 Å². The van der Waals surface area contributed by atoms with Gasteiger partial charge < -0.3 is 10.4 Å². The van der Waals surface area contributed by atoms with Crippen LogP contribution in [-0.2, 0) is 4.79 Å². The van der Waals surface area contributed by atoms with E-state index in [1.54, 1.807) is 12.1 Å². The highest BCUT2D eigenvalue weighted by atomic mass is 35.5. The highest BCUT2D eigenvalue weighted by molar-refractivity contribution is 6.20. The number of aryl methyl sites for hydroxylation is 1. The molecule has 3 nitrogen and oxygen atoms in total. The number of aliphatic hydroxyl groups is 1. The molecule has 4 heteroatoms. The first-order valence-electron chi connectivity index (χ1n) is 4.25. The lowest BCUT2D eigenvalue weighted by Gasteiger charge is -2.08. The van der Waals surface area contributed by atoms with E-state index in [9.17, 15) is 4.79 Å². The van der Waals surface area contributed by atoms with Crippen molar-refractivity contribution in [2.24, 2.45) is 0 Å². The number of amides is 1. The predicted molar refractivity (Wildman–Crippen MR) is 56.5 cm³/mol. The monoisotopic (exact) mass is 213 g/mol. The summed E-state index contributed by atoms with van der Waals surface area (Å²) in [7, 11) is 0. The highest BCUT2D eigenvalue weighted by Crippen LogP contribution is 2.08. The summed E-state index contributed by atoms with van der Waals surface area (Å²) in [5.74, 6) is -0.582. The largest absolute Gasteiger partial charge is 0.382 e. The lowest BCUT2D eigenvalue weighted by Crippen LogP contribution is -2.28. The van der Waals surface area contributed by atoms with Crippen LogP contribution in [0.15, 0.2) is 24.3 Å². The highest BCUT2D eigenvalue weighted by Gasteiger charge is 2.12. The number of alkyl halides is 1. The molecule has 1 amide bonds. The maximum absolute atomic E-state index is 11.2. The van der Waals surface area contributed by atoms with Gasteiger partial charge in [-0.3, -0.25) is 4.79 Å². The molecule has 0 spiro atoms. The molecule has 0 aliphatic rings. The molecule has 1 rings (SSSR count). The molecule has 1 unspecified atom stereocenters. The summed E-state index contributed by atoms with van der Waals surface area (Å²) >= 11 is 5.33. The fourth-order valence-electron chi connectivity index (χ4n) is 0.933. The molecule has 0 heterocycles. The molecule has 0 bridgehead atoms. The molecule has 0 aromatic heterocycles. The molecule has 0 aliphatic carbocycles. The lowest BCUT2D eigenvalue weighted by molar-refractivity contribution is -0.122. The van der Waals surface area contributed by atoms with E-state index < -0.39 is 12.0 Å². The summed E-state index contributed by atoms with van der Waals surface area (Å²) < 4.78 is 0. The first-order valence-corrected chi connectivity index (χ1v) is 4.78. The number of carbonyl (C=O) groups is 1. The first-order chi connectivity index (χ1) is 6.63. The number of rotatable bonds is 3. The molecule has 1 aromatic rings. The van der Waals surface area contributed by atoms with Crippen molar-refractivity contribution in [2.45, 2.75) is 13.0 Å². The van der Waals surface area contributed by atoms with Crippen LogP contribution < -0.4 is 5.32 Å². The number of aliphatic hydroxyl groups excluding tert-OH is 1. The molecule has 14 heavy (non-hydrogen) atoms. The third kappa shape index (κ3) is 3.01. The van der Waals surface area contributed by atoms with Gasteiger partial charge in [-0.15, -0.1) is 11.6 Å². The minimum atomic E-state index is -1.15. The molecule has 2 N–H and O–H groups in total. The number of hydrogen-bond donors (Lipinski definition) is 2. The van der Waals surface area contributed by atoms with Crippen molar-refractivity contribution in [1.29, 1.82) is 0 Å². The number of halogens is 1. The molecule has 0 saturated carbocycles. The average molecular weight is 214 g/mol. The molecule has 0 radical (unpaired) electrons. The molecule has 0 aliphatic heterocycles. The van der Waals surface area contributed by atoms with Crippen molar-refractivity contribution in [2.75, 3.05) is 11.2 Å². The zero-order chi connectivity index (χ0) is 10.6. The molecular formula is C10H12ClNO2. The maximum Gasteiger partial charge on any atom is 0.254 e. The van der Waals surface area contributed by atoms with Gasteiger partial charge in [-0.05, 0) is 19.1 Å². The minimum absolute atomic E-state index is 0.0995. The van der Waals surface area contributed by atoms with Gasteiger partial charge in [-0.25, -0.2) is 0 Å². The van der Waals surface area contributed by atoms with E-state index in [0.717, 1.165) is 5.56 Å². The number of benzene rings is 1. The van der Waals surface area contributed by atoms with Crippen LogP contribution in [0.2, 0.25) is 0 Å². The molecule has 1 aromatic carbocycles. The SMILES string of the molecule is Cc1ccc(NC(=O)C(O)CCl)cc1. The third-order valence-electron chi connectivity index (χ3n) is 1.77. The summed E-state index contributed by atoms with van der Waals surface area (Å²) in [5.41, 5.74) is 1.77. The predicted octanol–water partition coefficient (Wildman–Crippen LogP) is 1.53. The van der Waals surface area contributed by atoms with Crippen molar-refractivity contribution in [3.63, 3.8) is 0 Å². The summed E-state index contributed by atoms with van der Waals surface area (Å²) in [6, 6.07) is 7.30. The Hall–Kier alpha value is -1.06. The Morgan fingerprint density at radius 1 is 1.50 bits per heavy atom. The quantitative estimate of drug-likeness (QED) is 0.749. The summed E-state index contributed by atoms with van der Waals surface area (Å²) in [5, 5.41) is 11.6. The zero-order valence-electron chi connectivity index (χ0n) is 7.83. The fraction of sp³-hybridized carbons (Fsp3) is 0.300. The summed E-state index contributed by atoms with van der Waals surface area (Å²) in [6.45, 7) is 1.96. The van der Waals surface area contributed by atoms with Crippen LogP contribution in [-0.4, -0.2) is 23.0 Å². The smallest absolute Gasteiger partial charge is 0.254 e. The lowest BCUT2D eigenvalue weighted by atomic mass is 10.2. The second-order valence-electron chi connectivity index (χ2n) is 3.03. The van der Waals surface area contributed by atoms with Gasteiger partial charge in [-0.2, -0.15) is 0 Å². The number of nitrogens with one attached hydrogen (secondary N) is 1. The molecule has 0 saturated heterocycles. The topological polar surface area (TPSA) is 49.3 Å². The van der Waals surface area contributed by atoms with E-state index in [1.165, 1.54) is 0 Å². The number of anilines is 1. The first kappa shape index (κ1) is 11.0. The summed E-state index contributed by atoms with van der Waals surface area (Å²) in [4.78, 5) is 11.2. The van der Waals surface area contributed by atoms with Gasteiger partial charge >= 0.3 is 0 Å². The standard InChI is InChI=1S/C10H12ClNO2/c1-7-2-4-8(5-3-7)12-10(14)9(13)6-11/h2-5,9,13H,6H2,1H3,(H,12,14). The van der Waals surface area contributed by atoms with Gasteiger partial charge in [-0.1, -0.05) is 17.7 Å². The summed E-state index contributed by atoms with van der Waals surface area (Å²) in [6.07, 6.45) is -1.15. The van der Waals surface area contributed by atoms with E-state index in [2.05, 4.69) is 5.32 Å². The van der Waals surface area contributed by atoms with Crippen LogP contribution >= 0.6 is 11.6 Å². The molecule has 0 fully saturated rings. The second-order valence-corrected chi connectivity index (χ2v) is 3.33. The van der Waals surface area contributed by atoms with Crippen LogP contribution in [0.4, 0.5) is 5.69 Å². The van der Waals surface area contributed by atoms with Gasteiger partial charge in [0.15, 0.2) is 0 Å². The van der Waals surface area contributed by atoms with Crippen LogP contribution in [0.5, 0.6) is 0 Å². The van der Waals surface area contributed by atoms with Crippen molar-refractivity contribution < 1.29 is 9.90 Å². The third-order valence-corrected chi connectivity index (χ3v) is 2.06. The number of carbonyl (C=O) groups excluding carboxylic acids is 1. The Labute approximate surface area is 87.7 Å². The molecule has 1 atom stereocenters. The van der Waals surface area contributed by atoms with Crippen LogP contribution in [0, 0.1) is 6.92 Å². The number of hydrogen-bond acceptors (Lipinski definition) is 2. The average Bonchev–Trinajstić information content (AvgIpc) is 2.20. The van der Waals surface area contributed by atoms with Crippen molar-refractivity contribution in [1.82, 2.24) is 0 Å². The van der Waals surface area contributed by atoms with Crippen LogP contribution in [0.3, 0.4) is 0 Å². The van der Waals surface area contributed by atoms with Gasteiger partial charge in [0.25, 0.3) is 5.91 Å². The van der Waals surface area contributed by atoms with Crippen LogP contribution in [0.1, 0.15) is 5.56 Å². The Morgan fingerprint density at radius 2 is 2.07 bits per heavy atom. The normalized spacial score (nSPS) is 12.2. The fourth-order valence-corrected chi connectivity index (χ4v) is 1.07. The van der Waals surface area contributed by atoms with E-state index in [-0.39, 0.29) is 5.88 Å². The van der Waals surface area contributed by atoms with E-state index in [0.29, 0.717) is 5.69 Å². The molecular weight excluding hydrogens is 202 g/mol. The van der Waals surface area contributed by atoms with E-state index in [4.69, 9.17) is 16.7 Å².